The van der Waals surface area contributed by atoms with Crippen LogP contribution < -0.4 is 5.32 Å². The van der Waals surface area contributed by atoms with E-state index in [0.717, 1.165) is 17.9 Å². The highest BCUT2D eigenvalue weighted by atomic mass is 14.9. The van der Waals surface area contributed by atoms with E-state index in [1.54, 1.807) is 0 Å². The van der Waals surface area contributed by atoms with Crippen LogP contribution in [-0.4, -0.2) is 13.1 Å². The molecule has 2 aliphatic rings. The van der Waals surface area contributed by atoms with Crippen LogP contribution in [0.2, 0.25) is 0 Å². The summed E-state index contributed by atoms with van der Waals surface area (Å²) < 4.78 is 0. The lowest BCUT2D eigenvalue weighted by atomic mass is 9.92. The van der Waals surface area contributed by atoms with Crippen molar-refractivity contribution < 1.29 is 0 Å². The molecule has 0 aliphatic heterocycles. The molecular formula is C15H29N. The van der Waals surface area contributed by atoms with Crippen LogP contribution in [0.3, 0.4) is 0 Å². The van der Waals surface area contributed by atoms with Gasteiger partial charge in [0.15, 0.2) is 0 Å². The molecule has 94 valence electrons. The SMILES string of the molecule is CNC(CCC1CCCC1)CC1CCCC1. The predicted octanol–water partition coefficient (Wildman–Crippen LogP) is 4.13. The van der Waals surface area contributed by atoms with Crippen molar-refractivity contribution in [2.75, 3.05) is 7.05 Å². The Morgan fingerprint density at radius 2 is 1.50 bits per heavy atom. The van der Waals surface area contributed by atoms with Crippen molar-refractivity contribution >= 4 is 0 Å². The average molecular weight is 223 g/mol. The lowest BCUT2D eigenvalue weighted by molar-refractivity contribution is 0.354. The molecule has 2 aliphatic carbocycles. The third-order valence-corrected chi connectivity index (χ3v) is 4.90. The zero-order valence-corrected chi connectivity index (χ0v) is 11.0. The van der Waals surface area contributed by atoms with Gasteiger partial charge in [0.2, 0.25) is 0 Å². The van der Waals surface area contributed by atoms with Crippen LogP contribution in [0, 0.1) is 11.8 Å². The van der Waals surface area contributed by atoms with E-state index in [0.29, 0.717) is 0 Å². The summed E-state index contributed by atoms with van der Waals surface area (Å²) in [4.78, 5) is 0. The van der Waals surface area contributed by atoms with E-state index in [1.807, 2.05) is 0 Å². The Kier molecular flexibility index (Phi) is 5.15. The molecule has 0 aromatic heterocycles. The van der Waals surface area contributed by atoms with Gasteiger partial charge in [0, 0.05) is 6.04 Å². The second-order valence-corrected chi connectivity index (χ2v) is 6.10. The van der Waals surface area contributed by atoms with E-state index >= 15 is 0 Å². The maximum atomic E-state index is 3.55. The summed E-state index contributed by atoms with van der Waals surface area (Å²) in [5.74, 6) is 2.11. The lowest BCUT2D eigenvalue weighted by Crippen LogP contribution is -2.27. The van der Waals surface area contributed by atoms with Crippen molar-refractivity contribution in [1.29, 1.82) is 0 Å². The van der Waals surface area contributed by atoms with Gasteiger partial charge in [0.25, 0.3) is 0 Å². The zero-order valence-electron chi connectivity index (χ0n) is 11.0. The normalized spacial score (nSPS) is 25.3. The minimum atomic E-state index is 0.809. The van der Waals surface area contributed by atoms with E-state index in [1.165, 1.54) is 70.6 Å². The highest BCUT2D eigenvalue weighted by Gasteiger charge is 2.21. The summed E-state index contributed by atoms with van der Waals surface area (Å²) in [7, 11) is 2.16. The van der Waals surface area contributed by atoms with Gasteiger partial charge in [-0.2, -0.15) is 0 Å². The molecule has 1 unspecified atom stereocenters. The Bertz CT molecular complexity index is 178. The fraction of sp³-hybridized carbons (Fsp3) is 1.00. The third kappa shape index (κ3) is 3.76. The summed E-state index contributed by atoms with van der Waals surface area (Å²) in [6, 6.07) is 0.809. The quantitative estimate of drug-likeness (QED) is 0.714. The number of hydrogen-bond donors (Lipinski definition) is 1. The van der Waals surface area contributed by atoms with Crippen LogP contribution in [0.5, 0.6) is 0 Å². The van der Waals surface area contributed by atoms with Crippen LogP contribution in [0.4, 0.5) is 0 Å². The minimum absolute atomic E-state index is 0.809. The Hall–Kier alpha value is -0.0400. The van der Waals surface area contributed by atoms with Gasteiger partial charge in [-0.05, 0) is 38.1 Å². The first-order chi connectivity index (χ1) is 7.88. The molecule has 2 fully saturated rings. The summed E-state index contributed by atoms with van der Waals surface area (Å²) in [5.41, 5.74) is 0. The maximum Gasteiger partial charge on any atom is 0.00668 e. The molecule has 0 radical (unpaired) electrons. The van der Waals surface area contributed by atoms with Gasteiger partial charge >= 0.3 is 0 Å². The lowest BCUT2D eigenvalue weighted by Gasteiger charge is -2.21. The fourth-order valence-corrected chi connectivity index (χ4v) is 3.76. The second kappa shape index (κ2) is 6.64. The van der Waals surface area contributed by atoms with Gasteiger partial charge in [-0.15, -0.1) is 0 Å². The van der Waals surface area contributed by atoms with Crippen LogP contribution in [0.15, 0.2) is 0 Å². The van der Waals surface area contributed by atoms with Crippen LogP contribution in [0.25, 0.3) is 0 Å². The Morgan fingerprint density at radius 1 is 0.938 bits per heavy atom. The third-order valence-electron chi connectivity index (χ3n) is 4.90. The minimum Gasteiger partial charge on any atom is -0.317 e. The second-order valence-electron chi connectivity index (χ2n) is 6.10. The Balaban J connectivity index is 1.63. The van der Waals surface area contributed by atoms with E-state index in [4.69, 9.17) is 0 Å². The topological polar surface area (TPSA) is 12.0 Å². The van der Waals surface area contributed by atoms with Gasteiger partial charge in [-0.3, -0.25) is 0 Å². The van der Waals surface area contributed by atoms with Crippen molar-refractivity contribution in [3.63, 3.8) is 0 Å². The Labute approximate surface area is 101 Å². The van der Waals surface area contributed by atoms with Crippen molar-refractivity contribution in [2.24, 2.45) is 11.8 Å². The maximum absolute atomic E-state index is 3.55. The fourth-order valence-electron chi connectivity index (χ4n) is 3.76. The predicted molar refractivity (Wildman–Crippen MR) is 70.6 cm³/mol. The van der Waals surface area contributed by atoms with Gasteiger partial charge in [0.1, 0.15) is 0 Å². The summed E-state index contributed by atoms with van der Waals surface area (Å²) >= 11 is 0. The smallest absolute Gasteiger partial charge is 0.00668 e. The zero-order chi connectivity index (χ0) is 11.2. The monoisotopic (exact) mass is 223 g/mol. The molecular weight excluding hydrogens is 194 g/mol. The van der Waals surface area contributed by atoms with Gasteiger partial charge in [0.05, 0.1) is 0 Å². The summed E-state index contributed by atoms with van der Waals surface area (Å²) in [6.07, 6.45) is 16.4. The highest BCUT2D eigenvalue weighted by molar-refractivity contribution is 4.77. The molecule has 16 heavy (non-hydrogen) atoms. The first-order valence-corrected chi connectivity index (χ1v) is 7.55. The first-order valence-electron chi connectivity index (χ1n) is 7.55. The van der Waals surface area contributed by atoms with Crippen molar-refractivity contribution in [2.45, 2.75) is 76.7 Å². The molecule has 0 bridgehead atoms. The van der Waals surface area contributed by atoms with Gasteiger partial charge < -0.3 is 5.32 Å². The van der Waals surface area contributed by atoms with Crippen molar-refractivity contribution in [3.05, 3.63) is 0 Å². The molecule has 2 saturated carbocycles. The van der Waals surface area contributed by atoms with E-state index in [-0.39, 0.29) is 0 Å². The van der Waals surface area contributed by atoms with E-state index in [2.05, 4.69) is 12.4 Å². The summed E-state index contributed by atoms with van der Waals surface area (Å²) in [6.45, 7) is 0. The molecule has 0 aromatic rings. The van der Waals surface area contributed by atoms with Crippen molar-refractivity contribution in [1.82, 2.24) is 5.32 Å². The number of rotatable bonds is 6. The molecule has 0 saturated heterocycles. The van der Waals surface area contributed by atoms with Crippen LogP contribution in [-0.2, 0) is 0 Å². The Morgan fingerprint density at radius 3 is 2.06 bits per heavy atom. The molecule has 0 heterocycles. The molecule has 0 amide bonds. The molecule has 1 heteroatoms. The number of nitrogens with one attached hydrogen (secondary N) is 1. The molecule has 0 aromatic carbocycles. The van der Waals surface area contributed by atoms with Crippen LogP contribution >= 0.6 is 0 Å². The van der Waals surface area contributed by atoms with Crippen LogP contribution in [0.1, 0.15) is 70.6 Å². The van der Waals surface area contributed by atoms with Gasteiger partial charge in [-0.1, -0.05) is 51.4 Å². The molecule has 1 N–H and O–H groups in total. The van der Waals surface area contributed by atoms with E-state index < -0.39 is 0 Å². The molecule has 1 atom stereocenters. The highest BCUT2D eigenvalue weighted by Crippen LogP contribution is 2.32. The average Bonchev–Trinajstić information content (AvgIpc) is 2.97. The molecule has 2 rings (SSSR count). The molecule has 0 spiro atoms. The summed E-state index contributed by atoms with van der Waals surface area (Å²) in [5, 5.41) is 3.55. The first kappa shape index (κ1) is 12.4. The standard InChI is InChI=1S/C15H29N/c1-16-15(12-14-8-4-5-9-14)11-10-13-6-2-3-7-13/h13-16H,2-12H2,1H3. The number of hydrogen-bond acceptors (Lipinski definition) is 1. The molecule has 1 nitrogen and oxygen atoms in total. The van der Waals surface area contributed by atoms with E-state index in [9.17, 15) is 0 Å². The largest absolute Gasteiger partial charge is 0.317 e. The van der Waals surface area contributed by atoms with Crippen molar-refractivity contribution in [3.8, 4) is 0 Å². The van der Waals surface area contributed by atoms with Gasteiger partial charge in [-0.25, -0.2) is 0 Å².